The maximum absolute atomic E-state index is 11.8. The third-order valence-corrected chi connectivity index (χ3v) is 4.54. The number of ether oxygens (including phenoxy) is 1. The van der Waals surface area contributed by atoms with Crippen LogP contribution in [0.25, 0.3) is 0 Å². The summed E-state index contributed by atoms with van der Waals surface area (Å²) in [7, 11) is 0. The second-order valence-electron chi connectivity index (χ2n) is 7.24. The van der Waals surface area contributed by atoms with Crippen molar-refractivity contribution in [3.63, 3.8) is 0 Å². The molecule has 1 amide bonds. The number of carbonyl (C=O) groups excluding carboxylic acids is 1. The largest absolute Gasteiger partial charge is 0.444 e. The molecule has 0 spiro atoms. The molecular formula is C18H26Cl2N2O2. The standard InChI is InChI=1S/C18H26Cl2N2O2/c1-12(15-11-13(19)5-8-16(15)20)22(14-6-7-14)10-9-21-17(23)24-18(2,3)4/h5,8,11-12,14H,6-7,9-10H2,1-4H3,(H,21,23). The monoisotopic (exact) mass is 372 g/mol. The molecule has 1 unspecified atom stereocenters. The molecule has 0 aromatic heterocycles. The molecule has 1 aliphatic carbocycles. The highest BCUT2D eigenvalue weighted by Gasteiger charge is 2.33. The van der Waals surface area contributed by atoms with E-state index in [4.69, 9.17) is 27.9 Å². The van der Waals surface area contributed by atoms with Crippen molar-refractivity contribution in [2.45, 2.75) is 58.2 Å². The Labute approximate surface area is 154 Å². The SMILES string of the molecule is CC(c1cc(Cl)ccc1Cl)N(CCNC(=O)OC(C)(C)C)C1CC1. The molecule has 0 bridgehead atoms. The molecule has 1 aromatic rings. The van der Waals surface area contributed by atoms with Gasteiger partial charge in [-0.2, -0.15) is 0 Å². The lowest BCUT2D eigenvalue weighted by molar-refractivity contribution is 0.0517. The number of carbonyl (C=O) groups is 1. The molecule has 4 nitrogen and oxygen atoms in total. The van der Waals surface area contributed by atoms with E-state index in [9.17, 15) is 4.79 Å². The van der Waals surface area contributed by atoms with Crippen LogP contribution >= 0.6 is 23.2 Å². The highest BCUT2D eigenvalue weighted by atomic mass is 35.5. The summed E-state index contributed by atoms with van der Waals surface area (Å²) in [5.74, 6) is 0. The second kappa shape index (κ2) is 7.94. The first-order valence-electron chi connectivity index (χ1n) is 8.35. The fourth-order valence-corrected chi connectivity index (χ4v) is 3.17. The maximum Gasteiger partial charge on any atom is 0.407 e. The van der Waals surface area contributed by atoms with E-state index in [1.165, 1.54) is 12.8 Å². The summed E-state index contributed by atoms with van der Waals surface area (Å²) >= 11 is 12.5. The van der Waals surface area contributed by atoms with E-state index in [-0.39, 0.29) is 12.1 Å². The van der Waals surface area contributed by atoms with Crippen LogP contribution < -0.4 is 5.32 Å². The van der Waals surface area contributed by atoms with Gasteiger partial charge >= 0.3 is 6.09 Å². The highest BCUT2D eigenvalue weighted by Crippen LogP contribution is 2.37. The van der Waals surface area contributed by atoms with Crippen molar-refractivity contribution in [1.29, 1.82) is 0 Å². The van der Waals surface area contributed by atoms with Crippen molar-refractivity contribution in [2.24, 2.45) is 0 Å². The number of rotatable bonds is 6. The molecule has 0 aliphatic heterocycles. The molecule has 0 heterocycles. The first kappa shape index (κ1) is 19.4. The molecule has 1 saturated carbocycles. The van der Waals surface area contributed by atoms with E-state index < -0.39 is 5.60 Å². The van der Waals surface area contributed by atoms with Gasteiger partial charge in [-0.15, -0.1) is 0 Å². The molecule has 1 N–H and O–H groups in total. The van der Waals surface area contributed by atoms with Crippen LogP contribution in [0.1, 0.15) is 52.1 Å². The van der Waals surface area contributed by atoms with Gasteiger partial charge in [-0.25, -0.2) is 4.79 Å². The normalized spacial score (nSPS) is 16.1. The van der Waals surface area contributed by atoms with Gasteiger partial charge in [0.15, 0.2) is 0 Å². The molecule has 6 heteroatoms. The average Bonchev–Trinajstić information content (AvgIpc) is 3.28. The number of nitrogens with zero attached hydrogens (tertiary/aromatic N) is 1. The number of benzene rings is 1. The summed E-state index contributed by atoms with van der Waals surface area (Å²) < 4.78 is 5.27. The van der Waals surface area contributed by atoms with E-state index in [2.05, 4.69) is 17.1 Å². The minimum atomic E-state index is -0.484. The topological polar surface area (TPSA) is 41.6 Å². The summed E-state index contributed by atoms with van der Waals surface area (Å²) in [5, 5.41) is 4.23. The molecule has 1 atom stereocenters. The van der Waals surface area contributed by atoms with Crippen LogP contribution in [0.3, 0.4) is 0 Å². The van der Waals surface area contributed by atoms with Crippen molar-refractivity contribution in [3.8, 4) is 0 Å². The predicted molar refractivity (Wildman–Crippen MR) is 98.8 cm³/mol. The van der Waals surface area contributed by atoms with Crippen LogP contribution in [0.4, 0.5) is 4.79 Å². The van der Waals surface area contributed by atoms with Gasteiger partial charge in [0.25, 0.3) is 0 Å². The minimum absolute atomic E-state index is 0.143. The van der Waals surface area contributed by atoms with Gasteiger partial charge in [-0.3, -0.25) is 4.90 Å². The van der Waals surface area contributed by atoms with Crippen LogP contribution in [0, 0.1) is 0 Å². The van der Waals surface area contributed by atoms with Gasteiger partial charge in [0.2, 0.25) is 0 Å². The van der Waals surface area contributed by atoms with E-state index in [0.29, 0.717) is 17.6 Å². The van der Waals surface area contributed by atoms with Crippen LogP contribution in [-0.4, -0.2) is 35.7 Å². The Kier molecular flexibility index (Phi) is 6.40. The zero-order valence-corrected chi connectivity index (χ0v) is 16.2. The zero-order chi connectivity index (χ0) is 17.9. The maximum atomic E-state index is 11.8. The molecule has 1 aliphatic rings. The van der Waals surface area contributed by atoms with Crippen molar-refractivity contribution >= 4 is 29.3 Å². The molecule has 134 valence electrons. The first-order chi connectivity index (χ1) is 11.2. The smallest absolute Gasteiger partial charge is 0.407 e. The van der Waals surface area contributed by atoms with Gasteiger partial charge in [0.05, 0.1) is 0 Å². The van der Waals surface area contributed by atoms with Gasteiger partial charge < -0.3 is 10.1 Å². The second-order valence-corrected chi connectivity index (χ2v) is 8.08. The average molecular weight is 373 g/mol. The summed E-state index contributed by atoms with van der Waals surface area (Å²) in [6.07, 6.45) is 1.97. The van der Waals surface area contributed by atoms with E-state index in [1.807, 2.05) is 32.9 Å². The van der Waals surface area contributed by atoms with Crippen LogP contribution in [0.5, 0.6) is 0 Å². The molecule has 0 radical (unpaired) electrons. The predicted octanol–water partition coefficient (Wildman–Crippen LogP) is 5.04. The number of hydrogen-bond acceptors (Lipinski definition) is 3. The lowest BCUT2D eigenvalue weighted by atomic mass is 10.1. The molecule has 24 heavy (non-hydrogen) atoms. The van der Waals surface area contributed by atoms with Gasteiger partial charge in [-0.05, 0) is 64.3 Å². The Balaban J connectivity index is 1.95. The minimum Gasteiger partial charge on any atom is -0.444 e. The zero-order valence-electron chi connectivity index (χ0n) is 14.7. The van der Waals surface area contributed by atoms with Crippen LogP contribution in [0.15, 0.2) is 18.2 Å². The highest BCUT2D eigenvalue weighted by molar-refractivity contribution is 6.33. The number of nitrogens with one attached hydrogen (secondary N) is 1. The number of hydrogen-bond donors (Lipinski definition) is 1. The Morgan fingerprint density at radius 2 is 2.04 bits per heavy atom. The molecule has 1 aromatic carbocycles. The van der Waals surface area contributed by atoms with Gasteiger partial charge in [0, 0.05) is 35.2 Å². The molecular weight excluding hydrogens is 347 g/mol. The third kappa shape index (κ3) is 5.83. The van der Waals surface area contributed by atoms with Crippen LogP contribution in [-0.2, 0) is 4.74 Å². The summed E-state index contributed by atoms with van der Waals surface area (Å²) in [4.78, 5) is 14.1. The molecule has 1 fully saturated rings. The van der Waals surface area contributed by atoms with Gasteiger partial charge in [-0.1, -0.05) is 23.2 Å². The number of halogens is 2. The Morgan fingerprint density at radius 3 is 2.62 bits per heavy atom. The van der Waals surface area contributed by atoms with Crippen molar-refractivity contribution in [1.82, 2.24) is 10.2 Å². The van der Waals surface area contributed by atoms with E-state index >= 15 is 0 Å². The van der Waals surface area contributed by atoms with Crippen molar-refractivity contribution in [2.75, 3.05) is 13.1 Å². The number of amides is 1. The molecule has 0 saturated heterocycles. The lowest BCUT2D eigenvalue weighted by Crippen LogP contribution is -2.39. The van der Waals surface area contributed by atoms with Gasteiger partial charge in [0.1, 0.15) is 5.60 Å². The Bertz CT molecular complexity index is 583. The fourth-order valence-electron chi connectivity index (χ4n) is 2.71. The summed E-state index contributed by atoms with van der Waals surface area (Å²) in [6.45, 7) is 8.97. The third-order valence-electron chi connectivity index (χ3n) is 3.96. The van der Waals surface area contributed by atoms with Crippen LogP contribution in [0.2, 0.25) is 10.0 Å². The van der Waals surface area contributed by atoms with Crippen molar-refractivity contribution < 1.29 is 9.53 Å². The fraction of sp³-hybridized carbons (Fsp3) is 0.611. The summed E-state index contributed by atoms with van der Waals surface area (Å²) in [5.41, 5.74) is 0.537. The number of alkyl carbamates (subject to hydrolysis) is 1. The Morgan fingerprint density at radius 1 is 1.38 bits per heavy atom. The Hall–Kier alpha value is -0.970. The first-order valence-corrected chi connectivity index (χ1v) is 9.10. The quantitative estimate of drug-likeness (QED) is 0.759. The summed E-state index contributed by atoms with van der Waals surface area (Å²) in [6, 6.07) is 6.23. The lowest BCUT2D eigenvalue weighted by Gasteiger charge is -2.30. The van der Waals surface area contributed by atoms with Crippen molar-refractivity contribution in [3.05, 3.63) is 33.8 Å². The molecule has 2 rings (SSSR count). The van der Waals surface area contributed by atoms with E-state index in [1.54, 1.807) is 6.07 Å². The van der Waals surface area contributed by atoms with E-state index in [0.717, 1.165) is 17.1 Å².